The number of amides is 1. The summed E-state index contributed by atoms with van der Waals surface area (Å²) >= 11 is 0. The SMILES string of the molecule is Cc1ccc(NC(=O)c2ccc(CN3CCN(C)CC3)cc2)cc1Nc1nccc(-c2cncc(-c3cn[nH]c3)c2)n1. The molecule has 1 amide bonds. The quantitative estimate of drug-likeness (QED) is 0.244. The zero-order valence-electron chi connectivity index (χ0n) is 23.7. The number of rotatable bonds is 8. The van der Waals surface area contributed by atoms with Crippen molar-refractivity contribution in [2.45, 2.75) is 13.5 Å². The molecule has 3 N–H and O–H groups in total. The van der Waals surface area contributed by atoms with E-state index in [1.54, 1.807) is 24.8 Å². The summed E-state index contributed by atoms with van der Waals surface area (Å²) in [6, 6.07) is 17.5. The molecule has 2 aromatic carbocycles. The number of aromatic nitrogens is 5. The maximum absolute atomic E-state index is 13.0. The van der Waals surface area contributed by atoms with Gasteiger partial charge in [0.25, 0.3) is 5.91 Å². The predicted octanol–water partition coefficient (Wildman–Crippen LogP) is 4.98. The van der Waals surface area contributed by atoms with Crippen LogP contribution in [0.4, 0.5) is 17.3 Å². The Morgan fingerprint density at radius 1 is 0.929 bits per heavy atom. The van der Waals surface area contributed by atoms with E-state index in [1.165, 1.54) is 5.56 Å². The van der Waals surface area contributed by atoms with Crippen molar-refractivity contribution in [3.8, 4) is 22.4 Å². The maximum atomic E-state index is 13.0. The molecule has 0 aliphatic carbocycles. The fourth-order valence-electron chi connectivity index (χ4n) is 4.91. The minimum absolute atomic E-state index is 0.154. The van der Waals surface area contributed by atoms with Crippen LogP contribution in [0.2, 0.25) is 0 Å². The van der Waals surface area contributed by atoms with Crippen LogP contribution in [0.1, 0.15) is 21.5 Å². The van der Waals surface area contributed by atoms with Gasteiger partial charge in [0.1, 0.15) is 0 Å². The van der Waals surface area contributed by atoms with Gasteiger partial charge in [0.05, 0.1) is 11.9 Å². The molecule has 5 aromatic rings. The Morgan fingerprint density at radius 3 is 2.52 bits per heavy atom. The van der Waals surface area contributed by atoms with Gasteiger partial charge in [-0.1, -0.05) is 18.2 Å². The fourth-order valence-corrected chi connectivity index (χ4v) is 4.91. The van der Waals surface area contributed by atoms with Crippen molar-refractivity contribution in [1.82, 2.24) is 34.9 Å². The highest BCUT2D eigenvalue weighted by atomic mass is 16.1. The molecule has 0 bridgehead atoms. The molecule has 1 aliphatic heterocycles. The number of H-pyrrole nitrogens is 1. The molecule has 4 heterocycles. The molecule has 1 fully saturated rings. The molecule has 1 aliphatic rings. The number of carbonyl (C=O) groups is 1. The van der Waals surface area contributed by atoms with Crippen LogP contribution in [0.15, 0.2) is 85.6 Å². The van der Waals surface area contributed by atoms with Gasteiger partial charge in [-0.05, 0) is 61.5 Å². The molecule has 10 nitrogen and oxygen atoms in total. The second-order valence-corrected chi connectivity index (χ2v) is 10.6. The lowest BCUT2D eigenvalue weighted by molar-refractivity contribution is 0.102. The van der Waals surface area contributed by atoms with Crippen LogP contribution >= 0.6 is 0 Å². The minimum Gasteiger partial charge on any atom is -0.324 e. The highest BCUT2D eigenvalue weighted by Crippen LogP contribution is 2.26. The highest BCUT2D eigenvalue weighted by Gasteiger charge is 2.15. The molecule has 0 radical (unpaired) electrons. The summed E-state index contributed by atoms with van der Waals surface area (Å²) in [4.78, 5) is 31.3. The first-order chi connectivity index (χ1) is 20.5. The van der Waals surface area contributed by atoms with Crippen molar-refractivity contribution >= 4 is 23.2 Å². The molecule has 0 spiro atoms. The molecular formula is C32H33N9O. The number of anilines is 3. The summed E-state index contributed by atoms with van der Waals surface area (Å²) in [5.74, 6) is 0.294. The van der Waals surface area contributed by atoms with E-state index < -0.39 is 0 Å². The molecule has 0 atom stereocenters. The van der Waals surface area contributed by atoms with Crippen molar-refractivity contribution in [2.24, 2.45) is 0 Å². The van der Waals surface area contributed by atoms with Crippen molar-refractivity contribution in [3.63, 3.8) is 0 Å². The van der Waals surface area contributed by atoms with Crippen molar-refractivity contribution < 1.29 is 4.79 Å². The summed E-state index contributed by atoms with van der Waals surface area (Å²) in [5.41, 5.74) is 7.82. The molecule has 3 aromatic heterocycles. The van der Waals surface area contributed by atoms with Gasteiger partial charge >= 0.3 is 0 Å². The monoisotopic (exact) mass is 559 g/mol. The van der Waals surface area contributed by atoms with Crippen LogP contribution in [0.25, 0.3) is 22.4 Å². The standard InChI is InChI=1S/C32H33N9O/c1-22-3-8-28(37-31(42)24-6-4-23(5-7-24)21-41-13-11-40(2)12-14-41)16-30(22)39-32-34-10-9-29(38-32)26-15-25(17-33-18-26)27-19-35-36-20-27/h3-10,15-20H,11-14,21H2,1-2H3,(H,35,36)(H,37,42)(H,34,38,39). The first kappa shape index (κ1) is 27.3. The van der Waals surface area contributed by atoms with Gasteiger partial charge in [-0.25, -0.2) is 9.97 Å². The van der Waals surface area contributed by atoms with E-state index in [2.05, 4.69) is 47.6 Å². The average molecular weight is 560 g/mol. The van der Waals surface area contributed by atoms with E-state index in [1.807, 2.05) is 67.7 Å². The van der Waals surface area contributed by atoms with Gasteiger partial charge in [0, 0.05) is 91.1 Å². The van der Waals surface area contributed by atoms with Crippen molar-refractivity contribution in [1.29, 1.82) is 0 Å². The number of aryl methyl sites for hydroxylation is 1. The van der Waals surface area contributed by atoms with E-state index in [9.17, 15) is 4.79 Å². The number of hydrogen-bond donors (Lipinski definition) is 3. The van der Waals surface area contributed by atoms with E-state index in [0.717, 1.165) is 66.4 Å². The van der Waals surface area contributed by atoms with Crippen molar-refractivity contribution in [3.05, 3.63) is 102 Å². The second kappa shape index (κ2) is 12.3. The second-order valence-electron chi connectivity index (χ2n) is 10.6. The van der Waals surface area contributed by atoms with Gasteiger partial charge < -0.3 is 15.5 Å². The predicted molar refractivity (Wildman–Crippen MR) is 164 cm³/mol. The lowest BCUT2D eigenvalue weighted by Crippen LogP contribution is -2.43. The zero-order chi connectivity index (χ0) is 28.9. The van der Waals surface area contributed by atoms with Crippen LogP contribution in [0.5, 0.6) is 0 Å². The van der Waals surface area contributed by atoms with Crippen molar-refractivity contribution in [2.75, 3.05) is 43.9 Å². The number of hydrogen-bond acceptors (Lipinski definition) is 8. The largest absolute Gasteiger partial charge is 0.324 e. The van der Waals surface area contributed by atoms with Gasteiger partial charge in [0.2, 0.25) is 5.95 Å². The molecule has 10 heteroatoms. The molecule has 0 unspecified atom stereocenters. The zero-order valence-corrected chi connectivity index (χ0v) is 23.7. The van der Waals surface area contributed by atoms with Gasteiger partial charge in [-0.3, -0.25) is 19.8 Å². The number of aromatic amines is 1. The Hall–Kier alpha value is -4.93. The molecule has 6 rings (SSSR count). The number of carbonyl (C=O) groups excluding carboxylic acids is 1. The van der Waals surface area contributed by atoms with E-state index in [-0.39, 0.29) is 5.91 Å². The average Bonchev–Trinajstić information content (AvgIpc) is 3.56. The first-order valence-corrected chi connectivity index (χ1v) is 14.0. The third kappa shape index (κ3) is 6.51. The van der Waals surface area contributed by atoms with Crippen LogP contribution < -0.4 is 10.6 Å². The Labute approximate surface area is 244 Å². The van der Waals surface area contributed by atoms with Gasteiger partial charge in [0.15, 0.2) is 0 Å². The van der Waals surface area contributed by atoms with Gasteiger partial charge in [-0.2, -0.15) is 5.10 Å². The Bertz CT molecular complexity index is 1660. The topological polar surface area (TPSA) is 115 Å². The van der Waals surface area contributed by atoms with Crippen LogP contribution in [0, 0.1) is 6.92 Å². The van der Waals surface area contributed by atoms with E-state index >= 15 is 0 Å². The Kier molecular flexibility index (Phi) is 7.98. The molecular weight excluding hydrogens is 526 g/mol. The summed E-state index contributed by atoms with van der Waals surface area (Å²) in [5, 5.41) is 13.2. The van der Waals surface area contributed by atoms with Crippen LogP contribution in [0.3, 0.4) is 0 Å². The van der Waals surface area contributed by atoms with E-state index in [4.69, 9.17) is 4.98 Å². The number of nitrogens with zero attached hydrogens (tertiary/aromatic N) is 6. The molecule has 42 heavy (non-hydrogen) atoms. The third-order valence-corrected chi connectivity index (χ3v) is 7.48. The summed E-state index contributed by atoms with van der Waals surface area (Å²) in [6.45, 7) is 7.20. The lowest BCUT2D eigenvalue weighted by Gasteiger charge is -2.32. The third-order valence-electron chi connectivity index (χ3n) is 7.48. The molecule has 212 valence electrons. The Balaban J connectivity index is 1.12. The van der Waals surface area contributed by atoms with Gasteiger partial charge in [-0.15, -0.1) is 0 Å². The summed E-state index contributed by atoms with van der Waals surface area (Å²) < 4.78 is 0. The first-order valence-electron chi connectivity index (χ1n) is 14.0. The summed E-state index contributed by atoms with van der Waals surface area (Å²) in [7, 11) is 2.16. The lowest BCUT2D eigenvalue weighted by atomic mass is 10.1. The smallest absolute Gasteiger partial charge is 0.255 e. The molecule has 0 saturated carbocycles. The Morgan fingerprint density at radius 2 is 1.74 bits per heavy atom. The number of nitrogens with one attached hydrogen (secondary N) is 3. The number of likely N-dealkylation sites (N-methyl/N-ethyl adjacent to an activating group) is 1. The fraction of sp³-hybridized carbons (Fsp3) is 0.219. The normalized spacial score (nSPS) is 14.0. The van der Waals surface area contributed by atoms with Crippen LogP contribution in [-0.2, 0) is 6.54 Å². The van der Waals surface area contributed by atoms with Crippen LogP contribution in [-0.4, -0.2) is 74.1 Å². The number of pyridine rings is 1. The maximum Gasteiger partial charge on any atom is 0.255 e. The highest BCUT2D eigenvalue weighted by molar-refractivity contribution is 6.04. The summed E-state index contributed by atoms with van der Waals surface area (Å²) in [6.07, 6.45) is 8.86. The molecule has 1 saturated heterocycles. The number of benzene rings is 2. The minimum atomic E-state index is -0.154. The van der Waals surface area contributed by atoms with E-state index in [0.29, 0.717) is 17.2 Å². The number of piperazine rings is 1.